The lowest BCUT2D eigenvalue weighted by molar-refractivity contribution is -0.137. The number of nitrogens with one attached hydrogen (secondary N) is 1. The molecule has 0 spiro atoms. The second-order valence-electron chi connectivity index (χ2n) is 8.94. The van der Waals surface area contributed by atoms with E-state index >= 15 is 0 Å². The smallest absolute Gasteiger partial charge is 0.416 e. The van der Waals surface area contributed by atoms with Crippen LogP contribution in [0.1, 0.15) is 40.7 Å². The molecule has 200 valence electrons. The fourth-order valence-corrected chi connectivity index (χ4v) is 4.28. The molecule has 6 nitrogen and oxygen atoms in total. The first kappa shape index (κ1) is 26.4. The molecule has 4 aromatic rings. The number of halogens is 5. The molecule has 2 heterocycles. The molecule has 39 heavy (non-hydrogen) atoms. The summed E-state index contributed by atoms with van der Waals surface area (Å²) in [7, 11) is 0. The van der Waals surface area contributed by atoms with Crippen LogP contribution in [-0.4, -0.2) is 22.7 Å². The minimum atomic E-state index is -4.66. The van der Waals surface area contributed by atoms with Crippen molar-refractivity contribution in [2.24, 2.45) is 0 Å². The lowest BCUT2D eigenvalue weighted by Crippen LogP contribution is -2.13. The maximum absolute atomic E-state index is 14.2. The number of alkyl halides is 3. The molecule has 1 aliphatic rings. The number of aromatic nitrogens is 2. The third-order valence-corrected chi connectivity index (χ3v) is 6.52. The zero-order valence-electron chi connectivity index (χ0n) is 20.4. The summed E-state index contributed by atoms with van der Waals surface area (Å²) in [5.74, 6) is 0.464. The van der Waals surface area contributed by atoms with E-state index < -0.39 is 23.5 Å². The molecule has 0 aliphatic carbocycles. The van der Waals surface area contributed by atoms with Gasteiger partial charge < -0.3 is 14.8 Å². The molecule has 1 unspecified atom stereocenters. The molecular formula is C28H20ClF4N3O3. The average molecular weight is 558 g/mol. The predicted molar refractivity (Wildman–Crippen MR) is 137 cm³/mol. The summed E-state index contributed by atoms with van der Waals surface area (Å²) in [5.41, 5.74) is 0.0962. The highest BCUT2D eigenvalue weighted by Crippen LogP contribution is 2.41. The summed E-state index contributed by atoms with van der Waals surface area (Å²) in [6, 6.07) is 14.8. The number of carbonyl (C=O) groups is 1. The van der Waals surface area contributed by atoms with Crippen LogP contribution < -0.4 is 14.8 Å². The number of fused-ring (bicyclic) bond motifs is 1. The van der Waals surface area contributed by atoms with E-state index in [1.54, 1.807) is 30.3 Å². The molecular weight excluding hydrogens is 538 g/mol. The Morgan fingerprint density at radius 2 is 1.82 bits per heavy atom. The van der Waals surface area contributed by atoms with Crippen LogP contribution in [-0.2, 0) is 6.18 Å². The Morgan fingerprint density at radius 1 is 1.05 bits per heavy atom. The standard InChI is InChI=1S/C28H20ClF4N3O3/c1-15-10-11-38-24-14-25(21(29)13-20(15)24)39-18-5-2-16(3-6-18)27(37)34-26-9-8-23(35-36-26)19-7-4-17(12-22(19)30)28(31,32)33/h2-9,12-15H,10-11H2,1H3,(H,34,36,37). The van der Waals surface area contributed by atoms with E-state index in [1.807, 2.05) is 6.07 Å². The molecule has 1 aromatic heterocycles. The van der Waals surface area contributed by atoms with E-state index in [9.17, 15) is 22.4 Å². The van der Waals surface area contributed by atoms with Crippen molar-refractivity contribution in [1.82, 2.24) is 10.2 Å². The summed E-state index contributed by atoms with van der Waals surface area (Å²) >= 11 is 6.41. The van der Waals surface area contributed by atoms with Crippen molar-refractivity contribution in [3.8, 4) is 28.5 Å². The molecule has 0 saturated heterocycles. The lowest BCUT2D eigenvalue weighted by Gasteiger charge is -2.24. The molecule has 3 aromatic carbocycles. The Labute approximate surface area is 225 Å². The fraction of sp³-hybridized carbons (Fsp3) is 0.179. The van der Waals surface area contributed by atoms with Crippen LogP contribution in [0.3, 0.4) is 0 Å². The molecule has 0 fully saturated rings. The second-order valence-corrected chi connectivity index (χ2v) is 9.34. The number of carbonyl (C=O) groups excluding carboxylic acids is 1. The number of benzene rings is 3. The number of hydrogen-bond donors (Lipinski definition) is 1. The fourth-order valence-electron chi connectivity index (χ4n) is 4.07. The van der Waals surface area contributed by atoms with Crippen molar-refractivity contribution in [2.45, 2.75) is 25.4 Å². The minimum Gasteiger partial charge on any atom is -0.493 e. The zero-order chi connectivity index (χ0) is 27.7. The van der Waals surface area contributed by atoms with Crippen LogP contribution in [0.15, 0.2) is 66.7 Å². The third kappa shape index (κ3) is 5.80. The SMILES string of the molecule is CC1CCOc2cc(Oc3ccc(C(=O)Nc4ccc(-c5ccc(C(F)(F)F)cc5F)nn4)cc3)c(Cl)cc21. The van der Waals surface area contributed by atoms with Gasteiger partial charge in [-0.3, -0.25) is 4.79 Å². The first-order valence-electron chi connectivity index (χ1n) is 11.8. The molecule has 5 rings (SSSR count). The summed E-state index contributed by atoms with van der Waals surface area (Å²) in [6.07, 6.45) is -3.74. The van der Waals surface area contributed by atoms with Gasteiger partial charge in [0.05, 0.1) is 22.9 Å². The van der Waals surface area contributed by atoms with Gasteiger partial charge in [-0.25, -0.2) is 4.39 Å². The zero-order valence-corrected chi connectivity index (χ0v) is 21.1. The highest BCUT2D eigenvalue weighted by Gasteiger charge is 2.31. The lowest BCUT2D eigenvalue weighted by atomic mass is 9.95. The van der Waals surface area contributed by atoms with Gasteiger partial charge >= 0.3 is 6.18 Å². The summed E-state index contributed by atoms with van der Waals surface area (Å²) in [6.45, 7) is 2.74. The molecule has 0 bridgehead atoms. The van der Waals surface area contributed by atoms with E-state index in [-0.39, 0.29) is 17.1 Å². The largest absolute Gasteiger partial charge is 0.493 e. The minimum absolute atomic E-state index is 0.0152. The average Bonchev–Trinajstić information content (AvgIpc) is 2.90. The van der Waals surface area contributed by atoms with Gasteiger partial charge in [0.1, 0.15) is 23.1 Å². The van der Waals surface area contributed by atoms with Gasteiger partial charge in [0, 0.05) is 17.2 Å². The highest BCUT2D eigenvalue weighted by atomic mass is 35.5. The van der Waals surface area contributed by atoms with Crippen molar-refractivity contribution >= 4 is 23.3 Å². The summed E-state index contributed by atoms with van der Waals surface area (Å²) < 4.78 is 64.1. The van der Waals surface area contributed by atoms with Crippen LogP contribution >= 0.6 is 11.6 Å². The molecule has 1 N–H and O–H groups in total. The number of anilines is 1. The molecule has 1 aliphatic heterocycles. The van der Waals surface area contributed by atoms with E-state index in [1.165, 1.54) is 12.1 Å². The number of nitrogens with zero attached hydrogens (tertiary/aromatic N) is 2. The number of hydrogen-bond acceptors (Lipinski definition) is 5. The quantitative estimate of drug-likeness (QED) is 0.253. The number of amides is 1. The van der Waals surface area contributed by atoms with E-state index in [4.69, 9.17) is 21.1 Å². The van der Waals surface area contributed by atoms with Crippen LogP contribution in [0.25, 0.3) is 11.3 Å². The maximum Gasteiger partial charge on any atom is 0.416 e. The number of ether oxygens (including phenoxy) is 2. The monoisotopic (exact) mass is 557 g/mol. The predicted octanol–water partition coefficient (Wildman–Crippen LogP) is 7.89. The van der Waals surface area contributed by atoms with Crippen LogP contribution in [0.2, 0.25) is 5.02 Å². The molecule has 0 radical (unpaired) electrons. The van der Waals surface area contributed by atoms with Gasteiger partial charge in [-0.15, -0.1) is 10.2 Å². The van der Waals surface area contributed by atoms with E-state index in [0.717, 1.165) is 29.9 Å². The number of rotatable bonds is 5. The van der Waals surface area contributed by atoms with Crippen molar-refractivity contribution in [1.29, 1.82) is 0 Å². The van der Waals surface area contributed by atoms with Crippen molar-refractivity contribution < 1.29 is 31.8 Å². The van der Waals surface area contributed by atoms with Gasteiger partial charge in [0.2, 0.25) is 0 Å². The van der Waals surface area contributed by atoms with Crippen LogP contribution in [0, 0.1) is 5.82 Å². The third-order valence-electron chi connectivity index (χ3n) is 6.23. The normalized spacial score (nSPS) is 14.8. The van der Waals surface area contributed by atoms with Crippen molar-refractivity contribution in [3.05, 3.63) is 94.3 Å². The van der Waals surface area contributed by atoms with Gasteiger partial charge in [-0.05, 0) is 78.6 Å². The molecule has 0 saturated carbocycles. The van der Waals surface area contributed by atoms with Gasteiger partial charge in [-0.2, -0.15) is 13.2 Å². The maximum atomic E-state index is 14.2. The van der Waals surface area contributed by atoms with Crippen molar-refractivity contribution in [2.75, 3.05) is 11.9 Å². The Bertz CT molecular complexity index is 1530. The first-order valence-corrected chi connectivity index (χ1v) is 12.2. The summed E-state index contributed by atoms with van der Waals surface area (Å²) in [5, 5.41) is 10.7. The van der Waals surface area contributed by atoms with Crippen LogP contribution in [0.5, 0.6) is 17.2 Å². The first-order chi connectivity index (χ1) is 18.6. The van der Waals surface area contributed by atoms with Gasteiger partial charge in [0.25, 0.3) is 5.91 Å². The van der Waals surface area contributed by atoms with E-state index in [2.05, 4.69) is 22.4 Å². The molecule has 1 amide bonds. The topological polar surface area (TPSA) is 73.3 Å². The Balaban J connectivity index is 1.24. The van der Waals surface area contributed by atoms with Gasteiger partial charge in [-0.1, -0.05) is 18.5 Å². The van der Waals surface area contributed by atoms with Gasteiger partial charge in [0.15, 0.2) is 5.82 Å². The van der Waals surface area contributed by atoms with Crippen molar-refractivity contribution in [3.63, 3.8) is 0 Å². The second kappa shape index (κ2) is 10.5. The summed E-state index contributed by atoms with van der Waals surface area (Å²) in [4.78, 5) is 12.6. The Hall–Kier alpha value is -4.18. The Morgan fingerprint density at radius 3 is 2.49 bits per heavy atom. The molecule has 11 heteroatoms. The Kier molecular flexibility index (Phi) is 7.14. The molecule has 1 atom stereocenters. The van der Waals surface area contributed by atoms with E-state index in [0.29, 0.717) is 40.7 Å². The highest BCUT2D eigenvalue weighted by molar-refractivity contribution is 6.32. The van der Waals surface area contributed by atoms with Crippen LogP contribution in [0.4, 0.5) is 23.4 Å².